The van der Waals surface area contributed by atoms with Crippen LogP contribution < -0.4 is 5.32 Å². The first-order chi connectivity index (χ1) is 12.2. The van der Waals surface area contributed by atoms with Crippen LogP contribution in [0.2, 0.25) is 0 Å². The number of ketones is 1. The number of carbonyl (C=O) groups excluding carboxylic acids is 1. The standard InChI is InChI=1S/C21H18N2OS/c1-15-2-6-17(7-3-15)21(24)12-20(18-10-11-25-14-18)23-19-8-4-16(13-22)5-9-19/h2-11,14,20,23H,12H2,1H3. The van der Waals surface area contributed by atoms with Crippen molar-refractivity contribution in [3.63, 3.8) is 0 Å². The summed E-state index contributed by atoms with van der Waals surface area (Å²) in [5, 5.41) is 16.4. The van der Waals surface area contributed by atoms with Crippen LogP contribution in [0.4, 0.5) is 5.69 Å². The van der Waals surface area contributed by atoms with Gasteiger partial charge in [0.25, 0.3) is 0 Å². The molecule has 25 heavy (non-hydrogen) atoms. The van der Waals surface area contributed by atoms with Gasteiger partial charge in [-0.1, -0.05) is 29.8 Å². The van der Waals surface area contributed by atoms with Crippen LogP contribution in [0.5, 0.6) is 0 Å². The second-order valence-corrected chi connectivity index (χ2v) is 6.72. The summed E-state index contributed by atoms with van der Waals surface area (Å²) >= 11 is 1.62. The summed E-state index contributed by atoms with van der Waals surface area (Å²) in [7, 11) is 0. The van der Waals surface area contributed by atoms with Gasteiger partial charge in [0.1, 0.15) is 0 Å². The lowest BCUT2D eigenvalue weighted by Gasteiger charge is -2.19. The topological polar surface area (TPSA) is 52.9 Å². The third kappa shape index (κ3) is 4.34. The molecule has 0 aliphatic heterocycles. The van der Waals surface area contributed by atoms with E-state index in [0.29, 0.717) is 12.0 Å². The Labute approximate surface area is 151 Å². The van der Waals surface area contributed by atoms with Crippen molar-refractivity contribution in [2.24, 2.45) is 0 Å². The second kappa shape index (κ2) is 7.78. The molecule has 1 unspecified atom stereocenters. The van der Waals surface area contributed by atoms with Crippen LogP contribution in [0.1, 0.15) is 39.5 Å². The van der Waals surface area contributed by atoms with Gasteiger partial charge in [0.2, 0.25) is 0 Å². The fraction of sp³-hybridized carbons (Fsp3) is 0.143. The van der Waals surface area contributed by atoms with Crippen LogP contribution in [-0.4, -0.2) is 5.78 Å². The highest BCUT2D eigenvalue weighted by atomic mass is 32.1. The molecular formula is C21H18N2OS. The second-order valence-electron chi connectivity index (χ2n) is 5.94. The Kier molecular flexibility index (Phi) is 5.27. The van der Waals surface area contributed by atoms with E-state index in [9.17, 15) is 4.79 Å². The number of nitrogens with zero attached hydrogens (tertiary/aromatic N) is 1. The molecule has 2 aromatic carbocycles. The minimum absolute atomic E-state index is 0.104. The van der Waals surface area contributed by atoms with Crippen LogP contribution in [0, 0.1) is 18.3 Å². The lowest BCUT2D eigenvalue weighted by atomic mass is 9.99. The van der Waals surface area contributed by atoms with Gasteiger partial charge in [-0.25, -0.2) is 0 Å². The van der Waals surface area contributed by atoms with E-state index in [1.807, 2.05) is 54.8 Å². The quantitative estimate of drug-likeness (QED) is 0.612. The Bertz CT molecular complexity index is 875. The third-order valence-electron chi connectivity index (χ3n) is 4.06. The van der Waals surface area contributed by atoms with Gasteiger partial charge in [0.15, 0.2) is 5.78 Å². The van der Waals surface area contributed by atoms with Crippen molar-refractivity contribution in [3.8, 4) is 6.07 Å². The number of nitriles is 1. The number of anilines is 1. The highest BCUT2D eigenvalue weighted by Crippen LogP contribution is 2.26. The van der Waals surface area contributed by atoms with Crippen molar-refractivity contribution in [2.75, 3.05) is 5.32 Å². The lowest BCUT2D eigenvalue weighted by molar-refractivity contribution is 0.0976. The first-order valence-corrected chi connectivity index (χ1v) is 8.98. The highest BCUT2D eigenvalue weighted by Gasteiger charge is 2.17. The summed E-state index contributed by atoms with van der Waals surface area (Å²) in [4.78, 5) is 12.7. The molecule has 0 aliphatic rings. The van der Waals surface area contributed by atoms with Crippen molar-refractivity contribution >= 4 is 22.8 Å². The predicted molar refractivity (Wildman–Crippen MR) is 102 cm³/mol. The van der Waals surface area contributed by atoms with E-state index >= 15 is 0 Å². The van der Waals surface area contributed by atoms with E-state index in [1.54, 1.807) is 23.5 Å². The number of aryl methyl sites for hydroxylation is 1. The molecule has 1 N–H and O–H groups in total. The largest absolute Gasteiger partial charge is 0.378 e. The van der Waals surface area contributed by atoms with Crippen molar-refractivity contribution in [3.05, 3.63) is 87.6 Å². The van der Waals surface area contributed by atoms with Gasteiger partial charge >= 0.3 is 0 Å². The van der Waals surface area contributed by atoms with Gasteiger partial charge in [-0.05, 0) is 53.6 Å². The van der Waals surface area contributed by atoms with Crippen LogP contribution in [0.3, 0.4) is 0 Å². The van der Waals surface area contributed by atoms with E-state index in [1.165, 1.54) is 0 Å². The Morgan fingerprint density at radius 3 is 2.44 bits per heavy atom. The molecule has 3 rings (SSSR count). The normalized spacial score (nSPS) is 11.5. The summed E-state index contributed by atoms with van der Waals surface area (Å²) in [5.74, 6) is 0.109. The molecule has 1 atom stereocenters. The number of hydrogen-bond acceptors (Lipinski definition) is 4. The van der Waals surface area contributed by atoms with Crippen molar-refractivity contribution in [2.45, 2.75) is 19.4 Å². The Balaban J connectivity index is 1.79. The third-order valence-corrected chi connectivity index (χ3v) is 4.76. The number of hydrogen-bond donors (Lipinski definition) is 1. The number of rotatable bonds is 6. The van der Waals surface area contributed by atoms with Gasteiger partial charge in [-0.2, -0.15) is 16.6 Å². The summed E-state index contributed by atoms with van der Waals surface area (Å²) < 4.78 is 0. The molecule has 124 valence electrons. The van der Waals surface area contributed by atoms with E-state index in [2.05, 4.69) is 16.8 Å². The molecule has 0 radical (unpaired) electrons. The number of nitrogens with one attached hydrogen (secondary N) is 1. The molecule has 4 heteroatoms. The molecule has 0 saturated heterocycles. The molecule has 0 fully saturated rings. The van der Waals surface area contributed by atoms with Crippen LogP contribution >= 0.6 is 11.3 Å². The summed E-state index contributed by atoms with van der Waals surface area (Å²) in [6, 6.07) is 19.0. The number of Topliss-reactive ketones (excluding diaryl/α,β-unsaturated/α-hetero) is 1. The van der Waals surface area contributed by atoms with Gasteiger partial charge in [0.05, 0.1) is 17.7 Å². The molecule has 3 nitrogen and oxygen atoms in total. The first-order valence-electron chi connectivity index (χ1n) is 8.04. The Morgan fingerprint density at radius 2 is 1.84 bits per heavy atom. The number of thiophene rings is 1. The van der Waals surface area contributed by atoms with E-state index in [-0.39, 0.29) is 11.8 Å². The Hall–Kier alpha value is -2.90. The lowest BCUT2D eigenvalue weighted by Crippen LogP contribution is -2.15. The summed E-state index contributed by atoms with van der Waals surface area (Å²) in [6.45, 7) is 2.01. The molecule has 1 aromatic heterocycles. The monoisotopic (exact) mass is 346 g/mol. The molecule has 0 saturated carbocycles. The SMILES string of the molecule is Cc1ccc(C(=O)CC(Nc2ccc(C#N)cc2)c2ccsc2)cc1. The smallest absolute Gasteiger partial charge is 0.165 e. The molecule has 0 aliphatic carbocycles. The zero-order valence-electron chi connectivity index (χ0n) is 13.9. The number of benzene rings is 2. The zero-order valence-corrected chi connectivity index (χ0v) is 14.7. The predicted octanol–water partition coefficient (Wildman–Crippen LogP) is 5.35. The molecule has 0 amide bonds. The van der Waals surface area contributed by atoms with E-state index < -0.39 is 0 Å². The van der Waals surface area contributed by atoms with Crippen molar-refractivity contribution in [1.82, 2.24) is 0 Å². The molecule has 1 heterocycles. The maximum atomic E-state index is 12.7. The fourth-order valence-corrected chi connectivity index (χ4v) is 3.32. The van der Waals surface area contributed by atoms with E-state index in [4.69, 9.17) is 5.26 Å². The maximum absolute atomic E-state index is 12.7. The van der Waals surface area contributed by atoms with Gasteiger partial charge < -0.3 is 5.32 Å². The zero-order chi connectivity index (χ0) is 17.6. The molecular weight excluding hydrogens is 328 g/mol. The van der Waals surface area contributed by atoms with Crippen LogP contribution in [0.15, 0.2) is 65.4 Å². The van der Waals surface area contributed by atoms with Crippen molar-refractivity contribution < 1.29 is 4.79 Å². The number of carbonyl (C=O) groups is 1. The minimum atomic E-state index is -0.104. The molecule has 0 spiro atoms. The van der Waals surface area contributed by atoms with Crippen LogP contribution in [0.25, 0.3) is 0 Å². The maximum Gasteiger partial charge on any atom is 0.165 e. The van der Waals surface area contributed by atoms with Crippen LogP contribution in [-0.2, 0) is 0 Å². The molecule has 0 bridgehead atoms. The first kappa shape index (κ1) is 16.9. The average Bonchev–Trinajstić information content (AvgIpc) is 3.17. The summed E-state index contributed by atoms with van der Waals surface area (Å²) in [6.07, 6.45) is 0.375. The highest BCUT2D eigenvalue weighted by molar-refractivity contribution is 7.08. The van der Waals surface area contributed by atoms with Gasteiger partial charge in [-0.15, -0.1) is 0 Å². The van der Waals surface area contributed by atoms with Crippen molar-refractivity contribution in [1.29, 1.82) is 5.26 Å². The Morgan fingerprint density at radius 1 is 1.12 bits per heavy atom. The average molecular weight is 346 g/mol. The van der Waals surface area contributed by atoms with Gasteiger partial charge in [-0.3, -0.25) is 4.79 Å². The fourth-order valence-electron chi connectivity index (χ4n) is 2.61. The van der Waals surface area contributed by atoms with E-state index in [0.717, 1.165) is 22.4 Å². The molecule has 3 aromatic rings. The van der Waals surface area contributed by atoms with Gasteiger partial charge in [0, 0.05) is 17.7 Å². The summed E-state index contributed by atoms with van der Waals surface area (Å²) in [5.41, 5.74) is 4.48. The minimum Gasteiger partial charge on any atom is -0.378 e.